The molecule has 0 saturated heterocycles. The molecule has 0 aliphatic heterocycles. The van der Waals surface area contributed by atoms with Gasteiger partial charge in [0, 0.05) is 22.4 Å². The third-order valence-corrected chi connectivity index (χ3v) is 2.84. The van der Waals surface area contributed by atoms with Crippen molar-refractivity contribution >= 4 is 33.9 Å². The minimum atomic E-state index is -0.455. The first kappa shape index (κ1) is 14.2. The molecule has 0 saturated carbocycles. The van der Waals surface area contributed by atoms with Crippen molar-refractivity contribution in [2.75, 3.05) is 5.32 Å². The fourth-order valence-corrected chi connectivity index (χ4v) is 1.78. The van der Waals surface area contributed by atoms with Gasteiger partial charge in [-0.1, -0.05) is 34.1 Å². The number of rotatable bonds is 3. The lowest BCUT2D eigenvalue weighted by Crippen LogP contribution is -2.24. The monoisotopic (exact) mass is 335 g/mol. The lowest BCUT2D eigenvalue weighted by Gasteiger charge is -2.03. The lowest BCUT2D eigenvalue weighted by molar-refractivity contribution is 0.255. The Balaban J connectivity index is 1.91. The van der Waals surface area contributed by atoms with E-state index in [2.05, 4.69) is 31.5 Å². The summed E-state index contributed by atoms with van der Waals surface area (Å²) in [6.07, 6.45) is 4.41. The molecule has 0 bridgehead atoms. The molecule has 4 nitrogen and oxygen atoms in total. The van der Waals surface area contributed by atoms with Crippen molar-refractivity contribution in [3.63, 3.8) is 0 Å². The first-order chi connectivity index (χ1) is 9.65. The molecule has 0 atom stereocenters. The van der Waals surface area contributed by atoms with Crippen molar-refractivity contribution in [1.82, 2.24) is 10.3 Å². The molecular formula is C14H11BrFN3O. The topological polar surface area (TPSA) is 54.0 Å². The molecule has 0 fully saturated rings. The molecule has 6 heteroatoms. The number of aromatic nitrogens is 1. The zero-order valence-corrected chi connectivity index (χ0v) is 11.9. The SMILES string of the molecule is O=C(N/C=C/c1ccccc1F)Nc1cc(Br)ccn1. The number of pyridine rings is 1. The highest BCUT2D eigenvalue weighted by molar-refractivity contribution is 9.10. The smallest absolute Gasteiger partial charge is 0.314 e. The van der Waals surface area contributed by atoms with Crippen LogP contribution in [0.15, 0.2) is 53.3 Å². The molecule has 1 aromatic heterocycles. The summed E-state index contributed by atoms with van der Waals surface area (Å²) in [7, 11) is 0. The third-order valence-electron chi connectivity index (χ3n) is 2.35. The molecule has 0 unspecified atom stereocenters. The third kappa shape index (κ3) is 4.17. The molecule has 102 valence electrons. The predicted octanol–water partition coefficient (Wildman–Crippen LogP) is 3.78. The van der Waals surface area contributed by atoms with Gasteiger partial charge in [0.05, 0.1) is 0 Å². The Morgan fingerprint density at radius 2 is 2.10 bits per heavy atom. The minimum absolute atomic E-state index is 0.348. The molecular weight excluding hydrogens is 325 g/mol. The zero-order chi connectivity index (χ0) is 14.4. The van der Waals surface area contributed by atoms with Gasteiger partial charge in [0.2, 0.25) is 0 Å². The van der Waals surface area contributed by atoms with Crippen molar-refractivity contribution in [2.45, 2.75) is 0 Å². The Kier molecular flexibility index (Phi) is 4.84. The molecule has 1 heterocycles. The van der Waals surface area contributed by atoms with Gasteiger partial charge >= 0.3 is 6.03 Å². The van der Waals surface area contributed by atoms with Crippen LogP contribution < -0.4 is 10.6 Å². The van der Waals surface area contributed by atoms with E-state index in [-0.39, 0.29) is 5.82 Å². The molecule has 2 amide bonds. The summed E-state index contributed by atoms with van der Waals surface area (Å²) < 4.78 is 14.1. The molecule has 0 spiro atoms. The van der Waals surface area contributed by atoms with Gasteiger partial charge < -0.3 is 5.32 Å². The van der Waals surface area contributed by atoms with E-state index < -0.39 is 6.03 Å². The van der Waals surface area contributed by atoms with Gasteiger partial charge in [-0.2, -0.15) is 0 Å². The maximum Gasteiger partial charge on any atom is 0.324 e. The molecule has 0 aliphatic carbocycles. The summed E-state index contributed by atoms with van der Waals surface area (Å²) in [4.78, 5) is 15.6. The summed E-state index contributed by atoms with van der Waals surface area (Å²) in [5.74, 6) is 0.0655. The van der Waals surface area contributed by atoms with Crippen molar-refractivity contribution in [3.05, 3.63) is 64.6 Å². The number of nitrogens with zero attached hydrogens (tertiary/aromatic N) is 1. The number of carbonyl (C=O) groups is 1. The van der Waals surface area contributed by atoms with E-state index in [4.69, 9.17) is 0 Å². The molecule has 1 aromatic carbocycles. The first-order valence-corrected chi connectivity index (χ1v) is 6.54. The predicted molar refractivity (Wildman–Crippen MR) is 79.5 cm³/mol. The maximum atomic E-state index is 13.3. The second-order valence-corrected chi connectivity index (χ2v) is 4.73. The maximum absolute atomic E-state index is 13.3. The van der Waals surface area contributed by atoms with E-state index in [9.17, 15) is 9.18 Å². The van der Waals surface area contributed by atoms with Gasteiger partial charge in [0.1, 0.15) is 11.6 Å². The van der Waals surface area contributed by atoms with Crippen LogP contribution in [0.3, 0.4) is 0 Å². The molecule has 20 heavy (non-hydrogen) atoms. The summed E-state index contributed by atoms with van der Waals surface area (Å²) >= 11 is 3.28. The van der Waals surface area contributed by atoms with Crippen LogP contribution in [-0.4, -0.2) is 11.0 Å². The molecule has 2 aromatic rings. The van der Waals surface area contributed by atoms with Crippen LogP contribution in [-0.2, 0) is 0 Å². The largest absolute Gasteiger partial charge is 0.324 e. The fraction of sp³-hybridized carbons (Fsp3) is 0. The number of halogens is 2. The van der Waals surface area contributed by atoms with E-state index in [1.165, 1.54) is 18.3 Å². The van der Waals surface area contributed by atoms with Crippen LogP contribution in [0.1, 0.15) is 5.56 Å². The molecule has 0 aliphatic rings. The molecule has 2 N–H and O–H groups in total. The normalized spacial score (nSPS) is 10.5. The lowest BCUT2D eigenvalue weighted by atomic mass is 10.2. The van der Waals surface area contributed by atoms with Gasteiger partial charge in [0.25, 0.3) is 0 Å². The average Bonchev–Trinajstić information content (AvgIpc) is 2.41. The standard InChI is InChI=1S/C14H11BrFN3O/c15-11-6-8-17-13(9-11)19-14(20)18-7-5-10-3-1-2-4-12(10)16/h1-9H,(H2,17,18,19,20)/b7-5+. The second kappa shape index (κ2) is 6.81. The van der Waals surface area contributed by atoms with Crippen LogP contribution in [0.4, 0.5) is 15.0 Å². The number of carbonyl (C=O) groups excluding carboxylic acids is 1. The highest BCUT2D eigenvalue weighted by Crippen LogP contribution is 2.12. The van der Waals surface area contributed by atoms with Gasteiger partial charge in [-0.3, -0.25) is 5.32 Å². The number of hydrogen-bond acceptors (Lipinski definition) is 2. The van der Waals surface area contributed by atoms with Crippen molar-refractivity contribution in [1.29, 1.82) is 0 Å². The Bertz CT molecular complexity index is 646. The van der Waals surface area contributed by atoms with Crippen molar-refractivity contribution in [3.8, 4) is 0 Å². The van der Waals surface area contributed by atoms with E-state index >= 15 is 0 Å². The summed E-state index contributed by atoms with van der Waals surface area (Å²) in [6, 6.07) is 9.25. The molecule has 0 radical (unpaired) electrons. The Morgan fingerprint density at radius 1 is 1.30 bits per heavy atom. The van der Waals surface area contributed by atoms with Crippen LogP contribution in [0.2, 0.25) is 0 Å². The second-order valence-electron chi connectivity index (χ2n) is 3.81. The average molecular weight is 336 g/mol. The summed E-state index contributed by atoms with van der Waals surface area (Å²) in [6.45, 7) is 0. The van der Waals surface area contributed by atoms with E-state index in [1.807, 2.05) is 0 Å². The Hall–Kier alpha value is -2.21. The van der Waals surface area contributed by atoms with Crippen molar-refractivity contribution < 1.29 is 9.18 Å². The highest BCUT2D eigenvalue weighted by atomic mass is 79.9. The van der Waals surface area contributed by atoms with Gasteiger partial charge in [-0.05, 0) is 24.3 Å². The summed E-state index contributed by atoms with van der Waals surface area (Å²) in [5.41, 5.74) is 0.397. The van der Waals surface area contributed by atoms with E-state index in [0.29, 0.717) is 11.4 Å². The fourth-order valence-electron chi connectivity index (χ4n) is 1.44. The van der Waals surface area contributed by atoms with Crippen LogP contribution in [0, 0.1) is 5.82 Å². The van der Waals surface area contributed by atoms with Gasteiger partial charge in [-0.15, -0.1) is 0 Å². The highest BCUT2D eigenvalue weighted by Gasteiger charge is 2.01. The van der Waals surface area contributed by atoms with Crippen LogP contribution >= 0.6 is 15.9 Å². The number of benzene rings is 1. The van der Waals surface area contributed by atoms with E-state index in [1.54, 1.807) is 36.5 Å². The Morgan fingerprint density at radius 3 is 2.85 bits per heavy atom. The zero-order valence-electron chi connectivity index (χ0n) is 10.3. The Labute approximate surface area is 123 Å². The quantitative estimate of drug-likeness (QED) is 0.896. The number of urea groups is 1. The minimum Gasteiger partial charge on any atom is -0.314 e. The summed E-state index contributed by atoms with van der Waals surface area (Å²) in [5, 5.41) is 5.02. The number of amides is 2. The first-order valence-electron chi connectivity index (χ1n) is 5.75. The molecule has 2 rings (SSSR count). The van der Waals surface area contributed by atoms with Crippen LogP contribution in [0.25, 0.3) is 6.08 Å². The van der Waals surface area contributed by atoms with Gasteiger partial charge in [-0.25, -0.2) is 14.2 Å². The number of hydrogen-bond donors (Lipinski definition) is 2. The van der Waals surface area contributed by atoms with Crippen LogP contribution in [0.5, 0.6) is 0 Å². The number of nitrogens with one attached hydrogen (secondary N) is 2. The van der Waals surface area contributed by atoms with E-state index in [0.717, 1.165) is 4.47 Å². The van der Waals surface area contributed by atoms with Crippen molar-refractivity contribution in [2.24, 2.45) is 0 Å². The van der Waals surface area contributed by atoms with Gasteiger partial charge in [0.15, 0.2) is 0 Å². The number of anilines is 1.